The minimum Gasteiger partial charge on any atom is -0.490 e. The molecule has 1 aromatic rings. The van der Waals surface area contributed by atoms with Gasteiger partial charge < -0.3 is 14.8 Å². The second-order valence-corrected chi connectivity index (χ2v) is 3.50. The predicted molar refractivity (Wildman–Crippen MR) is 61.2 cm³/mol. The molecule has 0 saturated carbocycles. The van der Waals surface area contributed by atoms with Gasteiger partial charge in [0, 0.05) is 13.7 Å². The fraction of sp³-hybridized carbons (Fsp3) is 0.500. The Morgan fingerprint density at radius 3 is 2.76 bits per heavy atom. The highest BCUT2D eigenvalue weighted by molar-refractivity contribution is 5.24. The molecular formula is C12H17F2NO2. The van der Waals surface area contributed by atoms with Crippen LogP contribution >= 0.6 is 0 Å². The summed E-state index contributed by atoms with van der Waals surface area (Å²) >= 11 is 0. The Balaban J connectivity index is 2.16. The molecule has 0 spiro atoms. The first-order valence-corrected chi connectivity index (χ1v) is 5.52. The van der Waals surface area contributed by atoms with Crippen LogP contribution in [0.4, 0.5) is 8.78 Å². The lowest BCUT2D eigenvalue weighted by Crippen LogP contribution is -2.21. The summed E-state index contributed by atoms with van der Waals surface area (Å²) in [7, 11) is 1.64. The van der Waals surface area contributed by atoms with Crippen LogP contribution in [0.3, 0.4) is 0 Å². The Morgan fingerprint density at radius 2 is 2.00 bits per heavy atom. The van der Waals surface area contributed by atoms with Crippen molar-refractivity contribution in [1.29, 1.82) is 0 Å². The molecule has 0 fully saturated rings. The maximum absolute atomic E-state index is 13.1. The Bertz CT molecular complexity index is 334. The van der Waals surface area contributed by atoms with Gasteiger partial charge in [0.25, 0.3) is 0 Å². The SMILES string of the molecule is COCCNCCCOc1cccc(F)c1F. The van der Waals surface area contributed by atoms with Crippen molar-refractivity contribution in [2.45, 2.75) is 6.42 Å². The second-order valence-electron chi connectivity index (χ2n) is 3.50. The molecule has 1 N–H and O–H groups in total. The molecule has 0 aliphatic heterocycles. The molecule has 0 radical (unpaired) electrons. The van der Waals surface area contributed by atoms with Gasteiger partial charge in [-0.25, -0.2) is 4.39 Å². The van der Waals surface area contributed by atoms with Gasteiger partial charge in [-0.15, -0.1) is 0 Å². The topological polar surface area (TPSA) is 30.5 Å². The smallest absolute Gasteiger partial charge is 0.200 e. The summed E-state index contributed by atoms with van der Waals surface area (Å²) in [4.78, 5) is 0. The van der Waals surface area contributed by atoms with Gasteiger partial charge in [-0.3, -0.25) is 0 Å². The zero-order valence-corrected chi connectivity index (χ0v) is 9.84. The van der Waals surface area contributed by atoms with Gasteiger partial charge in [0.1, 0.15) is 0 Å². The largest absolute Gasteiger partial charge is 0.490 e. The van der Waals surface area contributed by atoms with Crippen LogP contribution in [-0.2, 0) is 4.74 Å². The maximum Gasteiger partial charge on any atom is 0.200 e. The lowest BCUT2D eigenvalue weighted by atomic mass is 10.3. The van der Waals surface area contributed by atoms with Crippen LogP contribution in [-0.4, -0.2) is 33.4 Å². The van der Waals surface area contributed by atoms with E-state index in [1.54, 1.807) is 7.11 Å². The van der Waals surface area contributed by atoms with Gasteiger partial charge in [-0.05, 0) is 25.1 Å². The van der Waals surface area contributed by atoms with Crippen LogP contribution in [0, 0.1) is 11.6 Å². The molecule has 0 unspecified atom stereocenters. The first kappa shape index (κ1) is 13.9. The first-order chi connectivity index (χ1) is 8.25. The highest BCUT2D eigenvalue weighted by Crippen LogP contribution is 2.18. The molecule has 1 aromatic carbocycles. The van der Waals surface area contributed by atoms with Gasteiger partial charge in [-0.2, -0.15) is 4.39 Å². The van der Waals surface area contributed by atoms with E-state index in [0.29, 0.717) is 13.2 Å². The van der Waals surface area contributed by atoms with Crippen LogP contribution in [0.25, 0.3) is 0 Å². The van der Waals surface area contributed by atoms with Crippen molar-refractivity contribution in [3.05, 3.63) is 29.8 Å². The van der Waals surface area contributed by atoms with Crippen LogP contribution in [0.5, 0.6) is 5.75 Å². The molecule has 96 valence electrons. The second kappa shape index (κ2) is 7.97. The van der Waals surface area contributed by atoms with E-state index in [2.05, 4.69) is 5.32 Å². The fourth-order valence-electron chi connectivity index (χ4n) is 1.27. The third-order valence-electron chi connectivity index (χ3n) is 2.15. The number of halogens is 2. The first-order valence-electron chi connectivity index (χ1n) is 5.52. The number of hydrogen-bond acceptors (Lipinski definition) is 3. The van der Waals surface area contributed by atoms with Crippen molar-refractivity contribution in [3.63, 3.8) is 0 Å². The van der Waals surface area contributed by atoms with E-state index in [-0.39, 0.29) is 5.75 Å². The van der Waals surface area contributed by atoms with Crippen molar-refractivity contribution in [2.75, 3.05) is 33.4 Å². The minimum absolute atomic E-state index is 0.0399. The summed E-state index contributed by atoms with van der Waals surface area (Å²) in [6.07, 6.45) is 0.722. The quantitative estimate of drug-likeness (QED) is 0.710. The number of nitrogens with one attached hydrogen (secondary N) is 1. The zero-order valence-electron chi connectivity index (χ0n) is 9.84. The number of hydrogen-bond donors (Lipinski definition) is 1. The normalized spacial score (nSPS) is 10.5. The van der Waals surface area contributed by atoms with Crippen molar-refractivity contribution in [3.8, 4) is 5.75 Å². The Kier molecular flexibility index (Phi) is 6.50. The number of ether oxygens (including phenoxy) is 2. The van der Waals surface area contributed by atoms with Gasteiger partial charge in [0.2, 0.25) is 5.82 Å². The van der Waals surface area contributed by atoms with E-state index >= 15 is 0 Å². The monoisotopic (exact) mass is 245 g/mol. The van der Waals surface area contributed by atoms with E-state index in [4.69, 9.17) is 9.47 Å². The fourth-order valence-corrected chi connectivity index (χ4v) is 1.27. The number of methoxy groups -OCH3 is 1. The zero-order chi connectivity index (χ0) is 12.5. The molecule has 0 aromatic heterocycles. The van der Waals surface area contributed by atoms with E-state index in [9.17, 15) is 8.78 Å². The average Bonchev–Trinajstić information content (AvgIpc) is 2.33. The summed E-state index contributed by atoms with van der Waals surface area (Å²) in [5, 5.41) is 3.13. The molecule has 17 heavy (non-hydrogen) atoms. The molecular weight excluding hydrogens is 228 g/mol. The Hall–Kier alpha value is -1.20. The van der Waals surface area contributed by atoms with E-state index in [0.717, 1.165) is 25.6 Å². The van der Waals surface area contributed by atoms with Gasteiger partial charge in [0.05, 0.1) is 13.2 Å². The lowest BCUT2D eigenvalue weighted by Gasteiger charge is -2.08. The van der Waals surface area contributed by atoms with Crippen molar-refractivity contribution < 1.29 is 18.3 Å². The molecule has 0 saturated heterocycles. The molecule has 1 rings (SSSR count). The molecule has 0 aliphatic rings. The van der Waals surface area contributed by atoms with E-state index in [1.165, 1.54) is 12.1 Å². The van der Waals surface area contributed by atoms with Crippen LogP contribution < -0.4 is 10.1 Å². The van der Waals surface area contributed by atoms with Crippen molar-refractivity contribution in [1.82, 2.24) is 5.32 Å². The van der Waals surface area contributed by atoms with Gasteiger partial charge in [0.15, 0.2) is 11.6 Å². The summed E-state index contributed by atoms with van der Waals surface area (Å²) < 4.78 is 36.0. The molecule has 5 heteroatoms. The third kappa shape index (κ3) is 5.10. The van der Waals surface area contributed by atoms with E-state index < -0.39 is 11.6 Å². The van der Waals surface area contributed by atoms with E-state index in [1.807, 2.05) is 0 Å². The molecule has 3 nitrogen and oxygen atoms in total. The number of benzene rings is 1. The predicted octanol–water partition coefficient (Wildman–Crippen LogP) is 1.97. The van der Waals surface area contributed by atoms with Gasteiger partial charge >= 0.3 is 0 Å². The Labute approximate surface area is 99.7 Å². The van der Waals surface area contributed by atoms with Crippen LogP contribution in [0.2, 0.25) is 0 Å². The lowest BCUT2D eigenvalue weighted by molar-refractivity contribution is 0.198. The van der Waals surface area contributed by atoms with Gasteiger partial charge in [-0.1, -0.05) is 6.07 Å². The molecule has 0 aliphatic carbocycles. The summed E-state index contributed by atoms with van der Waals surface area (Å²) in [6, 6.07) is 3.90. The molecule has 0 bridgehead atoms. The number of rotatable bonds is 8. The summed E-state index contributed by atoms with van der Waals surface area (Å²) in [5.41, 5.74) is 0. The average molecular weight is 245 g/mol. The maximum atomic E-state index is 13.1. The minimum atomic E-state index is -0.931. The van der Waals surface area contributed by atoms with Crippen molar-refractivity contribution in [2.24, 2.45) is 0 Å². The molecule has 0 atom stereocenters. The summed E-state index contributed by atoms with van der Waals surface area (Å²) in [5.74, 6) is -1.86. The highest BCUT2D eigenvalue weighted by atomic mass is 19.2. The standard InChI is InChI=1S/C12H17F2NO2/c1-16-9-7-15-6-3-8-17-11-5-2-4-10(13)12(11)14/h2,4-5,15H,3,6-9H2,1H3. The highest BCUT2D eigenvalue weighted by Gasteiger charge is 2.07. The van der Waals surface area contributed by atoms with Crippen molar-refractivity contribution >= 4 is 0 Å². The molecule has 0 heterocycles. The Morgan fingerprint density at radius 1 is 1.18 bits per heavy atom. The summed E-state index contributed by atoms with van der Waals surface area (Å²) in [6.45, 7) is 2.52. The molecule has 0 amide bonds. The van der Waals surface area contributed by atoms with Crippen LogP contribution in [0.15, 0.2) is 18.2 Å². The third-order valence-corrected chi connectivity index (χ3v) is 2.15. The van der Waals surface area contributed by atoms with Crippen LogP contribution in [0.1, 0.15) is 6.42 Å².